The minimum Gasteiger partial charge on any atom is -0.495 e. The summed E-state index contributed by atoms with van der Waals surface area (Å²) in [7, 11) is 7.85. The smallest absolute Gasteiger partial charge is 0.227 e. The largest absolute Gasteiger partial charge is 0.495 e. The molecule has 0 aliphatic carbocycles. The number of rotatable bonds is 14. The monoisotopic (exact) mass is 1040 g/mol. The molecule has 0 unspecified atom stereocenters. The number of fused-ring (bicyclic) bond motifs is 2. The molecular formula is C60H90N14O2. The van der Waals surface area contributed by atoms with Crippen LogP contribution in [0.2, 0.25) is 0 Å². The van der Waals surface area contributed by atoms with Crippen molar-refractivity contribution in [3.05, 3.63) is 35.4 Å². The second-order valence-corrected chi connectivity index (χ2v) is 22.1. The molecule has 76 heavy (non-hydrogen) atoms. The summed E-state index contributed by atoms with van der Waals surface area (Å²) in [5.41, 5.74) is 3.68. The van der Waals surface area contributed by atoms with Crippen molar-refractivity contribution in [2.24, 2.45) is 0 Å². The van der Waals surface area contributed by atoms with Gasteiger partial charge in [0.2, 0.25) is 11.9 Å². The van der Waals surface area contributed by atoms with Crippen molar-refractivity contribution in [1.82, 2.24) is 49.3 Å². The molecule has 0 amide bonds. The summed E-state index contributed by atoms with van der Waals surface area (Å²) < 4.78 is 11.6. The molecule has 412 valence electrons. The topological polar surface area (TPSA) is 120 Å². The Labute approximate surface area is 455 Å². The number of methoxy groups -OCH3 is 2. The van der Waals surface area contributed by atoms with Gasteiger partial charge in [-0.2, -0.15) is 9.97 Å². The van der Waals surface area contributed by atoms with Gasteiger partial charge >= 0.3 is 0 Å². The molecule has 10 rings (SSSR count). The number of nitrogens with zero attached hydrogens (tertiary/aromatic N) is 12. The van der Waals surface area contributed by atoms with Gasteiger partial charge in [-0.25, -0.2) is 9.97 Å². The molecule has 0 bridgehead atoms. The van der Waals surface area contributed by atoms with Crippen LogP contribution in [0.25, 0.3) is 21.8 Å². The van der Waals surface area contributed by atoms with Crippen molar-refractivity contribution in [1.29, 1.82) is 0 Å². The molecule has 2 aromatic carbocycles. The quantitative estimate of drug-likeness (QED) is 0.126. The van der Waals surface area contributed by atoms with Crippen molar-refractivity contribution in [3.63, 3.8) is 0 Å². The maximum absolute atomic E-state index is 5.81. The van der Waals surface area contributed by atoms with Crippen LogP contribution >= 0.6 is 0 Å². The third-order valence-electron chi connectivity index (χ3n) is 16.7. The SMILES string of the molecule is CCN1CCC(Nc2nc(N3CCCN(C)CC3)nc3cc(C#CCCN4CCCC4)c(OC)cc23)CC1.CCN1CCC(Nc2nc(N3CCCN(C)CC3)nc3cc(C#CCCN4CCCC4)c(OC)cc23)CC1. The maximum atomic E-state index is 5.81. The lowest BCUT2D eigenvalue weighted by atomic mass is 10.0. The Hall–Kier alpha value is -5.20. The summed E-state index contributed by atoms with van der Waals surface area (Å²) >= 11 is 0. The number of hydrogen-bond donors (Lipinski definition) is 2. The molecular weight excluding hydrogens is 949 g/mol. The lowest BCUT2D eigenvalue weighted by molar-refractivity contribution is 0.229. The van der Waals surface area contributed by atoms with Gasteiger partial charge in [0.05, 0.1) is 36.4 Å². The van der Waals surface area contributed by atoms with E-state index in [1.807, 2.05) is 0 Å². The number of ether oxygens (including phenoxy) is 2. The highest BCUT2D eigenvalue weighted by atomic mass is 16.5. The number of nitrogens with one attached hydrogen (secondary N) is 2. The van der Waals surface area contributed by atoms with Crippen LogP contribution in [0.4, 0.5) is 23.5 Å². The number of aromatic nitrogens is 4. The molecule has 6 fully saturated rings. The van der Waals surface area contributed by atoms with Gasteiger partial charge in [-0.3, -0.25) is 0 Å². The molecule has 16 heteroatoms. The predicted molar refractivity (Wildman–Crippen MR) is 313 cm³/mol. The van der Waals surface area contributed by atoms with Crippen LogP contribution in [-0.2, 0) is 0 Å². The number of likely N-dealkylation sites (N-methyl/N-ethyl adjacent to an activating group) is 2. The van der Waals surface area contributed by atoms with Crippen molar-refractivity contribution < 1.29 is 9.47 Å². The first-order chi connectivity index (χ1) is 37.2. The third-order valence-corrected chi connectivity index (χ3v) is 16.7. The molecule has 16 nitrogen and oxygen atoms in total. The number of hydrogen-bond acceptors (Lipinski definition) is 16. The predicted octanol–water partition coefficient (Wildman–Crippen LogP) is 7.03. The van der Waals surface area contributed by atoms with E-state index in [1.54, 1.807) is 14.2 Å². The first-order valence-electron chi connectivity index (χ1n) is 29.3. The van der Waals surface area contributed by atoms with E-state index in [4.69, 9.17) is 29.4 Å². The van der Waals surface area contributed by atoms with Gasteiger partial charge in [0.15, 0.2) is 0 Å². The summed E-state index contributed by atoms with van der Waals surface area (Å²) in [5, 5.41) is 9.65. The summed E-state index contributed by atoms with van der Waals surface area (Å²) in [5.74, 6) is 18.7. The van der Waals surface area contributed by atoms with Gasteiger partial charge in [0, 0.05) is 114 Å². The molecule has 6 aliphatic rings. The van der Waals surface area contributed by atoms with Crippen molar-refractivity contribution in [3.8, 4) is 35.2 Å². The fourth-order valence-corrected chi connectivity index (χ4v) is 11.7. The van der Waals surface area contributed by atoms with Gasteiger partial charge in [-0.1, -0.05) is 37.5 Å². The molecule has 4 aromatic rings. The molecule has 0 saturated carbocycles. The molecule has 2 N–H and O–H groups in total. The van der Waals surface area contributed by atoms with Gasteiger partial charge < -0.3 is 59.3 Å². The lowest BCUT2D eigenvalue weighted by Crippen LogP contribution is -2.39. The second kappa shape index (κ2) is 27.9. The third kappa shape index (κ3) is 15.1. The van der Waals surface area contributed by atoms with Gasteiger partial charge in [0.25, 0.3) is 0 Å². The molecule has 6 saturated heterocycles. The minimum absolute atomic E-state index is 0.412. The van der Waals surface area contributed by atoms with Crippen molar-refractivity contribution in [2.75, 3.05) is 180 Å². The number of piperidine rings is 2. The molecule has 0 radical (unpaired) electrons. The van der Waals surface area contributed by atoms with E-state index in [1.165, 1.54) is 51.9 Å². The number of benzene rings is 2. The summed E-state index contributed by atoms with van der Waals surface area (Å²) in [6.07, 6.45) is 13.7. The molecule has 8 heterocycles. The van der Waals surface area contributed by atoms with E-state index >= 15 is 0 Å². The fraction of sp³-hybridized carbons (Fsp3) is 0.667. The minimum atomic E-state index is 0.412. The highest BCUT2D eigenvalue weighted by Crippen LogP contribution is 2.34. The zero-order chi connectivity index (χ0) is 52.6. The Morgan fingerprint density at radius 1 is 0.474 bits per heavy atom. The summed E-state index contributed by atoms with van der Waals surface area (Å²) in [4.78, 5) is 40.0. The van der Waals surface area contributed by atoms with Gasteiger partial charge in [-0.05, 0) is 155 Å². The number of likely N-dealkylation sites (tertiary alicyclic amines) is 4. The van der Waals surface area contributed by atoms with E-state index < -0.39 is 0 Å². The Kier molecular flexibility index (Phi) is 20.4. The Balaban J connectivity index is 0.000000186. The zero-order valence-electron chi connectivity index (χ0n) is 47.3. The van der Waals surface area contributed by atoms with Crippen molar-refractivity contribution >= 4 is 45.3 Å². The average Bonchev–Trinajstić information content (AvgIpc) is 4.09. The van der Waals surface area contributed by atoms with Crippen LogP contribution < -0.4 is 29.9 Å². The van der Waals surface area contributed by atoms with Crippen molar-refractivity contribution in [2.45, 2.75) is 103 Å². The average molecular weight is 1040 g/mol. The Morgan fingerprint density at radius 3 is 1.26 bits per heavy atom. The second-order valence-electron chi connectivity index (χ2n) is 22.1. The Bertz CT molecular complexity index is 2440. The van der Waals surface area contributed by atoms with E-state index in [-0.39, 0.29) is 0 Å². The molecule has 6 aliphatic heterocycles. The van der Waals surface area contributed by atoms with E-state index in [9.17, 15) is 0 Å². The molecule has 0 spiro atoms. The van der Waals surface area contributed by atoms with Gasteiger partial charge in [-0.15, -0.1) is 0 Å². The Morgan fingerprint density at radius 2 is 0.882 bits per heavy atom. The molecule has 2 aromatic heterocycles. The van der Waals surface area contributed by atoms with Crippen LogP contribution in [0.15, 0.2) is 24.3 Å². The highest BCUT2D eigenvalue weighted by Gasteiger charge is 2.25. The zero-order valence-corrected chi connectivity index (χ0v) is 47.3. The summed E-state index contributed by atoms with van der Waals surface area (Å²) in [6.45, 7) is 26.3. The first kappa shape index (κ1) is 55.6. The van der Waals surface area contributed by atoms with Crippen LogP contribution in [0.5, 0.6) is 11.5 Å². The van der Waals surface area contributed by atoms with E-state index in [0.29, 0.717) is 12.1 Å². The normalized spacial score (nSPS) is 20.3. The first-order valence-corrected chi connectivity index (χ1v) is 29.3. The van der Waals surface area contributed by atoms with Crippen LogP contribution in [-0.4, -0.2) is 221 Å². The fourth-order valence-electron chi connectivity index (χ4n) is 11.7. The van der Waals surface area contributed by atoms with Crippen LogP contribution in [0.1, 0.15) is 102 Å². The lowest BCUT2D eigenvalue weighted by Gasteiger charge is -2.32. The van der Waals surface area contributed by atoms with Crippen LogP contribution in [0.3, 0.4) is 0 Å². The molecule has 0 atom stereocenters. The van der Waals surface area contributed by atoms with E-state index in [2.05, 4.69) is 126 Å². The summed E-state index contributed by atoms with van der Waals surface area (Å²) in [6, 6.07) is 9.21. The number of anilines is 4. The van der Waals surface area contributed by atoms with Gasteiger partial charge in [0.1, 0.15) is 23.1 Å². The standard InChI is InChI=1S/2C30H45N7O/c2*1-4-35-18-11-25(12-19-35)31-29-26-23-28(38-3)24(10-5-6-14-36-15-7-8-16-36)22-27(26)32-30(33-29)37-17-9-13-34(2)20-21-37/h2*22-23,25H,4,6-9,11-21H2,1-3H3,(H,31,32,33). The maximum Gasteiger partial charge on any atom is 0.227 e. The van der Waals surface area contributed by atoms with E-state index in [0.717, 1.165) is 224 Å². The van der Waals surface area contributed by atoms with Crippen LogP contribution in [0, 0.1) is 23.7 Å². The highest BCUT2D eigenvalue weighted by molar-refractivity contribution is 5.94.